The van der Waals surface area contributed by atoms with Crippen LogP contribution in [-0.4, -0.2) is 6.04 Å². The van der Waals surface area contributed by atoms with Gasteiger partial charge in [0.05, 0.1) is 0 Å². The molecule has 2 rings (SSSR count). The van der Waals surface area contributed by atoms with Crippen LogP contribution in [0.1, 0.15) is 64.4 Å². The fourth-order valence-corrected chi connectivity index (χ4v) is 3.22. The van der Waals surface area contributed by atoms with Crippen LogP contribution in [-0.2, 0) is 0 Å². The third kappa shape index (κ3) is 3.07. The maximum atomic E-state index is 3.83. The second kappa shape index (κ2) is 6.26. The van der Waals surface area contributed by atoms with Crippen LogP contribution in [0.4, 0.5) is 5.69 Å². The monoisotopic (exact) mass is 245 g/mol. The third-order valence-corrected chi connectivity index (χ3v) is 4.36. The summed E-state index contributed by atoms with van der Waals surface area (Å²) in [6, 6.07) is 9.49. The van der Waals surface area contributed by atoms with Gasteiger partial charge in [-0.3, -0.25) is 0 Å². The van der Waals surface area contributed by atoms with Crippen LogP contribution >= 0.6 is 0 Å². The van der Waals surface area contributed by atoms with Crippen LogP contribution in [0.2, 0.25) is 0 Å². The van der Waals surface area contributed by atoms with Crippen LogP contribution in [0.5, 0.6) is 0 Å². The van der Waals surface area contributed by atoms with Crippen molar-refractivity contribution in [3.05, 3.63) is 29.8 Å². The highest BCUT2D eigenvalue weighted by atomic mass is 14.9. The SMILES string of the molecule is CCC1CCCCC1Nc1ccccc1C(C)C. The predicted octanol–water partition coefficient (Wildman–Crippen LogP) is 5.19. The smallest absolute Gasteiger partial charge is 0.0377 e. The molecular formula is C17H27N. The Morgan fingerprint density at radius 2 is 1.89 bits per heavy atom. The predicted molar refractivity (Wildman–Crippen MR) is 80.2 cm³/mol. The molecule has 1 nitrogen and oxygen atoms in total. The van der Waals surface area contributed by atoms with Gasteiger partial charge in [-0.05, 0) is 36.3 Å². The Morgan fingerprint density at radius 1 is 1.17 bits per heavy atom. The number of anilines is 1. The van der Waals surface area contributed by atoms with E-state index in [-0.39, 0.29) is 0 Å². The first kappa shape index (κ1) is 13.5. The zero-order valence-electron chi connectivity index (χ0n) is 12.1. The molecule has 1 N–H and O–H groups in total. The first-order valence-corrected chi connectivity index (χ1v) is 7.57. The van der Waals surface area contributed by atoms with E-state index in [4.69, 9.17) is 0 Å². The van der Waals surface area contributed by atoms with E-state index in [1.165, 1.54) is 43.4 Å². The summed E-state index contributed by atoms with van der Waals surface area (Å²) in [4.78, 5) is 0. The Bertz CT molecular complexity index is 370. The standard InChI is InChI=1S/C17H27N/c1-4-14-9-5-7-11-16(14)18-17-12-8-6-10-15(17)13(2)3/h6,8,10,12-14,16,18H,4-5,7,9,11H2,1-3H3. The summed E-state index contributed by atoms with van der Waals surface area (Å²) in [7, 11) is 0. The maximum Gasteiger partial charge on any atom is 0.0377 e. The molecule has 2 atom stereocenters. The van der Waals surface area contributed by atoms with Gasteiger partial charge in [0, 0.05) is 11.7 Å². The van der Waals surface area contributed by atoms with E-state index in [1.54, 1.807) is 0 Å². The van der Waals surface area contributed by atoms with Crippen molar-refractivity contribution in [2.24, 2.45) is 5.92 Å². The van der Waals surface area contributed by atoms with Gasteiger partial charge in [-0.15, -0.1) is 0 Å². The lowest BCUT2D eigenvalue weighted by Gasteiger charge is -2.33. The lowest BCUT2D eigenvalue weighted by Crippen LogP contribution is -2.32. The Morgan fingerprint density at radius 3 is 2.61 bits per heavy atom. The molecule has 1 aromatic rings. The van der Waals surface area contributed by atoms with Gasteiger partial charge in [0.15, 0.2) is 0 Å². The van der Waals surface area contributed by atoms with Crippen molar-refractivity contribution >= 4 is 5.69 Å². The highest BCUT2D eigenvalue weighted by Gasteiger charge is 2.24. The van der Waals surface area contributed by atoms with Gasteiger partial charge >= 0.3 is 0 Å². The van der Waals surface area contributed by atoms with Crippen molar-refractivity contribution in [1.29, 1.82) is 0 Å². The van der Waals surface area contributed by atoms with Crippen LogP contribution in [0, 0.1) is 5.92 Å². The number of hydrogen-bond donors (Lipinski definition) is 1. The normalized spacial score (nSPS) is 24.2. The van der Waals surface area contributed by atoms with E-state index in [1.807, 2.05) is 0 Å². The molecule has 1 fully saturated rings. The van der Waals surface area contributed by atoms with Gasteiger partial charge in [0.25, 0.3) is 0 Å². The molecule has 0 bridgehead atoms. The molecule has 18 heavy (non-hydrogen) atoms. The van der Waals surface area contributed by atoms with Crippen LogP contribution in [0.25, 0.3) is 0 Å². The average molecular weight is 245 g/mol. The Labute approximate surface area is 112 Å². The first-order chi connectivity index (χ1) is 8.72. The molecule has 1 aliphatic rings. The molecule has 100 valence electrons. The van der Waals surface area contributed by atoms with Crippen molar-refractivity contribution in [2.45, 2.75) is 64.8 Å². The number of hydrogen-bond acceptors (Lipinski definition) is 1. The molecule has 0 heterocycles. The summed E-state index contributed by atoms with van der Waals surface area (Å²) in [5, 5.41) is 3.83. The molecule has 2 unspecified atom stereocenters. The van der Waals surface area contributed by atoms with Crippen molar-refractivity contribution in [1.82, 2.24) is 0 Å². The highest BCUT2D eigenvalue weighted by molar-refractivity contribution is 5.53. The number of para-hydroxylation sites is 1. The summed E-state index contributed by atoms with van der Waals surface area (Å²) in [6.07, 6.45) is 6.85. The molecular weight excluding hydrogens is 218 g/mol. The minimum Gasteiger partial charge on any atom is -0.382 e. The Kier molecular flexibility index (Phi) is 4.68. The fraction of sp³-hybridized carbons (Fsp3) is 0.647. The molecule has 0 saturated heterocycles. The van der Waals surface area contributed by atoms with E-state index in [0.29, 0.717) is 12.0 Å². The quantitative estimate of drug-likeness (QED) is 0.769. The van der Waals surface area contributed by atoms with Gasteiger partial charge in [0.2, 0.25) is 0 Å². The maximum absolute atomic E-state index is 3.83. The average Bonchev–Trinajstić information content (AvgIpc) is 2.40. The molecule has 0 amide bonds. The number of benzene rings is 1. The Hall–Kier alpha value is -0.980. The fourth-order valence-electron chi connectivity index (χ4n) is 3.22. The van der Waals surface area contributed by atoms with E-state index in [9.17, 15) is 0 Å². The molecule has 0 aliphatic heterocycles. The van der Waals surface area contributed by atoms with Crippen molar-refractivity contribution < 1.29 is 0 Å². The molecule has 1 aromatic carbocycles. The van der Waals surface area contributed by atoms with Gasteiger partial charge in [0.1, 0.15) is 0 Å². The minimum absolute atomic E-state index is 0.595. The van der Waals surface area contributed by atoms with Gasteiger partial charge in [-0.2, -0.15) is 0 Å². The molecule has 0 spiro atoms. The topological polar surface area (TPSA) is 12.0 Å². The molecule has 0 aromatic heterocycles. The molecule has 1 heteroatoms. The summed E-state index contributed by atoms with van der Waals surface area (Å²) in [5.41, 5.74) is 2.82. The summed E-state index contributed by atoms with van der Waals surface area (Å²) in [6.45, 7) is 6.89. The third-order valence-electron chi connectivity index (χ3n) is 4.36. The molecule has 0 radical (unpaired) electrons. The lowest BCUT2D eigenvalue weighted by molar-refractivity contribution is 0.317. The van der Waals surface area contributed by atoms with Crippen LogP contribution in [0.3, 0.4) is 0 Å². The lowest BCUT2D eigenvalue weighted by atomic mass is 9.82. The van der Waals surface area contributed by atoms with Crippen LogP contribution < -0.4 is 5.32 Å². The second-order valence-electron chi connectivity index (χ2n) is 5.95. The zero-order valence-corrected chi connectivity index (χ0v) is 12.1. The summed E-state index contributed by atoms with van der Waals surface area (Å²) < 4.78 is 0. The summed E-state index contributed by atoms with van der Waals surface area (Å²) in [5.74, 6) is 1.45. The van der Waals surface area contributed by atoms with E-state index < -0.39 is 0 Å². The van der Waals surface area contributed by atoms with Gasteiger partial charge in [-0.25, -0.2) is 0 Å². The van der Waals surface area contributed by atoms with Crippen molar-refractivity contribution in [2.75, 3.05) is 5.32 Å². The van der Waals surface area contributed by atoms with Crippen molar-refractivity contribution in [3.8, 4) is 0 Å². The van der Waals surface area contributed by atoms with E-state index in [2.05, 4.69) is 50.4 Å². The number of rotatable bonds is 4. The molecule has 1 saturated carbocycles. The van der Waals surface area contributed by atoms with E-state index >= 15 is 0 Å². The highest BCUT2D eigenvalue weighted by Crippen LogP contribution is 2.32. The number of nitrogens with one attached hydrogen (secondary N) is 1. The van der Waals surface area contributed by atoms with Crippen molar-refractivity contribution in [3.63, 3.8) is 0 Å². The zero-order chi connectivity index (χ0) is 13.0. The second-order valence-corrected chi connectivity index (χ2v) is 5.95. The van der Waals surface area contributed by atoms with Gasteiger partial charge in [-0.1, -0.05) is 58.2 Å². The van der Waals surface area contributed by atoms with Gasteiger partial charge < -0.3 is 5.32 Å². The minimum atomic E-state index is 0.595. The summed E-state index contributed by atoms with van der Waals surface area (Å²) >= 11 is 0. The largest absolute Gasteiger partial charge is 0.382 e. The molecule has 1 aliphatic carbocycles. The van der Waals surface area contributed by atoms with Crippen LogP contribution in [0.15, 0.2) is 24.3 Å². The first-order valence-electron chi connectivity index (χ1n) is 7.57. The Balaban J connectivity index is 2.12. The van der Waals surface area contributed by atoms with E-state index in [0.717, 1.165) is 5.92 Å².